The van der Waals surface area contributed by atoms with E-state index in [-0.39, 0.29) is 77.1 Å². The summed E-state index contributed by atoms with van der Waals surface area (Å²) in [5.74, 6) is 1.19. The van der Waals surface area contributed by atoms with Crippen LogP contribution in [0.3, 0.4) is 0 Å². The Morgan fingerprint density at radius 3 is 1.41 bits per heavy atom. The monoisotopic (exact) mass is 760 g/mol. The molecule has 0 bridgehead atoms. The second-order valence-electron chi connectivity index (χ2n) is 2.72. The predicted octanol–water partition coefficient (Wildman–Crippen LogP) is 2.30. The quantitative estimate of drug-likeness (QED) is 0.433. The molecule has 124 valence electrons. The molecule has 0 saturated heterocycles. The van der Waals surface area contributed by atoms with E-state index in [2.05, 4.69) is 68.9 Å². The van der Waals surface area contributed by atoms with Crippen LogP contribution in [0, 0.1) is 90.9 Å². The van der Waals surface area contributed by atoms with Gasteiger partial charge < -0.3 is 28.7 Å². The second-order valence-corrected chi connectivity index (χ2v) is 2.72. The first-order chi connectivity index (χ1) is 8.74. The normalized spacial score (nSPS) is 6.41. The molecule has 2 N–H and O–H groups in total. The first-order valence-electron chi connectivity index (χ1n) is 5.72. The van der Waals surface area contributed by atoms with Gasteiger partial charge in [-0.05, 0) is 0 Å². The maximum atomic E-state index is 3.69. The van der Waals surface area contributed by atoms with Crippen molar-refractivity contribution in [3.05, 3.63) is 40.3 Å². The minimum Gasteiger partial charge on any atom is -0.358 e. The summed E-state index contributed by atoms with van der Waals surface area (Å²) in [6.07, 6.45) is 2.09. The first-order valence-corrected chi connectivity index (χ1v) is 5.72. The van der Waals surface area contributed by atoms with E-state index in [1.165, 1.54) is 6.42 Å². The summed E-state index contributed by atoms with van der Waals surface area (Å²) >= 11 is 0. The van der Waals surface area contributed by atoms with Gasteiger partial charge in [0.1, 0.15) is 0 Å². The topological polar surface area (TPSA) is 109 Å². The van der Waals surface area contributed by atoms with Crippen molar-refractivity contribution in [2.24, 2.45) is 0 Å². The third kappa shape index (κ3) is 28.3. The Morgan fingerprint density at radius 1 is 0.864 bits per heavy atom. The van der Waals surface area contributed by atoms with E-state index in [0.29, 0.717) is 5.82 Å². The van der Waals surface area contributed by atoms with Gasteiger partial charge in [-0.15, -0.1) is 15.3 Å². The summed E-state index contributed by atoms with van der Waals surface area (Å²) in [5.41, 5.74) is 0. The van der Waals surface area contributed by atoms with Crippen molar-refractivity contribution in [1.82, 2.24) is 41.2 Å². The van der Waals surface area contributed by atoms with Crippen molar-refractivity contribution in [1.29, 1.82) is 0 Å². The minimum absolute atomic E-state index is 0. The molecule has 2 aromatic rings. The van der Waals surface area contributed by atoms with Crippen LogP contribution < -0.4 is 0 Å². The Labute approximate surface area is 182 Å². The van der Waals surface area contributed by atoms with E-state index in [4.69, 9.17) is 0 Å². The molecule has 10 heteroatoms. The summed E-state index contributed by atoms with van der Waals surface area (Å²) in [6.45, 7) is 14.6. The zero-order valence-electron chi connectivity index (χ0n) is 14.5. The van der Waals surface area contributed by atoms with E-state index < -0.39 is 0 Å². The van der Waals surface area contributed by atoms with Crippen molar-refractivity contribution >= 4 is 0 Å². The molecule has 0 aliphatic heterocycles. The molecule has 0 radical (unpaired) electrons. The summed E-state index contributed by atoms with van der Waals surface area (Å²) in [7, 11) is 0. The van der Waals surface area contributed by atoms with Crippen molar-refractivity contribution in [3.8, 4) is 0 Å². The Hall–Kier alpha value is 0.114. The van der Waals surface area contributed by atoms with Crippen LogP contribution in [0.2, 0.25) is 0 Å². The SMILES string of the molecule is CCC.CCc1nn[nH]n1.[CH2-]C.[CH2-]c1nn[nH]n1.[CH3-].[CH3-].[U+2].[U+2]. The van der Waals surface area contributed by atoms with Crippen LogP contribution in [-0.4, -0.2) is 41.2 Å². The fourth-order valence-electron chi connectivity index (χ4n) is 0.515. The van der Waals surface area contributed by atoms with Crippen LogP contribution in [0.4, 0.5) is 0 Å². The third-order valence-corrected chi connectivity index (χ3v) is 1.09. The van der Waals surface area contributed by atoms with E-state index in [9.17, 15) is 0 Å². The number of hydrogen-bond donors (Lipinski definition) is 2. The molecule has 0 unspecified atom stereocenters. The average Bonchev–Trinajstić information content (AvgIpc) is 3.06. The number of aryl methyl sites for hydroxylation is 1. The van der Waals surface area contributed by atoms with Crippen LogP contribution in [0.15, 0.2) is 0 Å². The van der Waals surface area contributed by atoms with Gasteiger partial charge in [0.15, 0.2) is 5.82 Å². The minimum atomic E-state index is 0. The number of rotatable bonds is 1. The molecule has 22 heavy (non-hydrogen) atoms. The summed E-state index contributed by atoms with van der Waals surface area (Å²) in [4.78, 5) is 0. The molecule has 2 heterocycles. The first kappa shape index (κ1) is 38.0. The number of nitrogens with zero attached hydrogens (tertiary/aromatic N) is 6. The van der Waals surface area contributed by atoms with Gasteiger partial charge in [-0.25, -0.2) is 0 Å². The maximum absolute atomic E-state index is 3.69. The van der Waals surface area contributed by atoms with Gasteiger partial charge in [0, 0.05) is 12.2 Å². The Bertz CT molecular complexity index is 327. The molecular formula is C12H28N8U2. The van der Waals surface area contributed by atoms with Crippen molar-refractivity contribution < 1.29 is 62.2 Å². The zero-order chi connectivity index (χ0) is 14.2. The molecule has 8 nitrogen and oxygen atoms in total. The average molecular weight is 760 g/mol. The van der Waals surface area contributed by atoms with Gasteiger partial charge in [0.2, 0.25) is 0 Å². The number of aromatic nitrogens is 8. The Balaban J connectivity index is -0.0000000399. The number of hydrogen-bond acceptors (Lipinski definition) is 6. The zero-order valence-corrected chi connectivity index (χ0v) is 22.8. The van der Waals surface area contributed by atoms with Gasteiger partial charge in [-0.3, -0.25) is 0 Å². The smallest absolute Gasteiger partial charge is 0.358 e. The van der Waals surface area contributed by atoms with Crippen molar-refractivity contribution in [3.63, 3.8) is 0 Å². The largest absolute Gasteiger partial charge is 2.00 e. The number of H-pyrrole nitrogens is 2. The van der Waals surface area contributed by atoms with Crippen LogP contribution >= 0.6 is 0 Å². The van der Waals surface area contributed by atoms with Crippen LogP contribution in [0.5, 0.6) is 0 Å². The molecule has 0 atom stereocenters. The fourth-order valence-corrected chi connectivity index (χ4v) is 0.515. The van der Waals surface area contributed by atoms with Gasteiger partial charge in [-0.2, -0.15) is 22.4 Å². The van der Waals surface area contributed by atoms with Crippen molar-refractivity contribution in [2.45, 2.75) is 40.5 Å². The second kappa shape index (κ2) is 32.9. The molecule has 0 aliphatic rings. The molecule has 0 amide bonds. The fraction of sp³-hybridized carbons (Fsp3) is 0.500. The van der Waals surface area contributed by atoms with E-state index in [1.54, 1.807) is 6.92 Å². The standard InChI is InChI=1S/C3H6N4.C3H8.C2H3N4.C2H5.2CH3.2U/c1-2-3-4-6-7-5-3;1-3-2;1-2-3-5-6-4-2;1-2;;;;/h2H2,1H3,(H,4,5,6,7);3H2,1-2H3;1H2,(H,3,4,5,6);1H2,2H3;2*1H3;;/q;;4*-1;2*+2. The maximum Gasteiger partial charge on any atom is 2.00 e. The summed E-state index contributed by atoms with van der Waals surface area (Å²) in [5, 5.41) is 25.5. The number of nitrogens with one attached hydrogen (secondary N) is 2. The number of tetrazole rings is 2. The molecule has 2 aromatic heterocycles. The van der Waals surface area contributed by atoms with E-state index in [1.807, 2.05) is 6.92 Å². The molecule has 2 rings (SSSR count). The molecular weight excluding hydrogens is 732 g/mol. The Morgan fingerprint density at radius 2 is 1.27 bits per heavy atom. The van der Waals surface area contributed by atoms with Crippen LogP contribution in [-0.2, 0) is 6.42 Å². The van der Waals surface area contributed by atoms with Crippen LogP contribution in [0.1, 0.15) is 45.8 Å². The Kier molecular flexibility index (Phi) is 56.8. The molecule has 0 fully saturated rings. The van der Waals surface area contributed by atoms with Gasteiger partial charge in [0.25, 0.3) is 0 Å². The molecule has 0 aliphatic carbocycles. The summed E-state index contributed by atoms with van der Waals surface area (Å²) in [6, 6.07) is 0. The van der Waals surface area contributed by atoms with E-state index in [0.717, 1.165) is 12.2 Å². The van der Waals surface area contributed by atoms with Crippen LogP contribution in [0.25, 0.3) is 0 Å². The molecule has 0 aromatic carbocycles. The third-order valence-electron chi connectivity index (χ3n) is 1.09. The molecule has 0 saturated carbocycles. The van der Waals surface area contributed by atoms with Gasteiger partial charge in [-0.1, -0.05) is 37.6 Å². The van der Waals surface area contributed by atoms with Crippen molar-refractivity contribution in [2.75, 3.05) is 0 Å². The van der Waals surface area contributed by atoms with E-state index >= 15 is 0 Å². The van der Waals surface area contributed by atoms with Gasteiger partial charge in [0.05, 0.1) is 0 Å². The predicted molar refractivity (Wildman–Crippen MR) is 82.0 cm³/mol. The molecule has 0 spiro atoms. The van der Waals surface area contributed by atoms with Gasteiger partial charge >= 0.3 is 62.2 Å². The number of aromatic amines is 2. The summed E-state index contributed by atoms with van der Waals surface area (Å²) < 4.78 is 0.